The van der Waals surface area contributed by atoms with E-state index in [9.17, 15) is 0 Å². The Bertz CT molecular complexity index is 252. The quantitative estimate of drug-likeness (QED) is 0.248. The molecule has 2 heterocycles. The number of hydrogen-bond acceptors (Lipinski definition) is 3. The van der Waals surface area contributed by atoms with Crippen molar-refractivity contribution in [3.8, 4) is 0 Å². The Morgan fingerprint density at radius 1 is 1.47 bits per heavy atom. The maximum atomic E-state index is 5.48. The lowest BCUT2D eigenvalue weighted by Gasteiger charge is -2.43. The Morgan fingerprint density at radius 3 is 2.93 bits per heavy atom. The molecule has 0 aromatic heterocycles. The summed E-state index contributed by atoms with van der Waals surface area (Å²) in [5, 5.41) is 0. The molecule has 86 valence electrons. The molecule has 2 unspecified atom stereocenters. The third kappa shape index (κ3) is 1.94. The summed E-state index contributed by atoms with van der Waals surface area (Å²) in [6.45, 7) is 5.68. The summed E-state index contributed by atoms with van der Waals surface area (Å²) < 4.78 is 0. The summed E-state index contributed by atoms with van der Waals surface area (Å²) in [4.78, 5) is 9.06. The molecular weight excluding hydrogens is 190 g/mol. The number of guanidine groups is 1. The highest BCUT2D eigenvalue weighted by atomic mass is 15.4. The number of fused-ring (bicyclic) bond motifs is 1. The predicted molar refractivity (Wildman–Crippen MR) is 61.4 cm³/mol. The number of nitrogens with two attached hydrogens (primary N) is 1. The van der Waals surface area contributed by atoms with Gasteiger partial charge in [-0.2, -0.15) is 0 Å². The van der Waals surface area contributed by atoms with Crippen molar-refractivity contribution in [1.82, 2.24) is 15.2 Å². The Morgan fingerprint density at radius 2 is 2.27 bits per heavy atom. The Kier molecular flexibility index (Phi) is 3.11. The monoisotopic (exact) mass is 211 g/mol. The maximum Gasteiger partial charge on any atom is 0.208 e. The lowest BCUT2D eigenvalue weighted by atomic mass is 10.1. The van der Waals surface area contributed by atoms with Gasteiger partial charge < -0.3 is 4.90 Å². The van der Waals surface area contributed by atoms with Crippen molar-refractivity contribution in [1.29, 1.82) is 0 Å². The summed E-state index contributed by atoms with van der Waals surface area (Å²) in [5.74, 6) is 6.29. The Balaban J connectivity index is 2.06. The van der Waals surface area contributed by atoms with Crippen molar-refractivity contribution in [2.24, 2.45) is 10.8 Å². The van der Waals surface area contributed by atoms with E-state index in [1.165, 1.54) is 19.4 Å². The number of piperazine rings is 1. The fraction of sp³-hybridized carbons (Fsp3) is 0.900. The van der Waals surface area contributed by atoms with Gasteiger partial charge in [-0.05, 0) is 26.3 Å². The number of hydrogen-bond donors (Lipinski definition) is 2. The van der Waals surface area contributed by atoms with Crippen LogP contribution in [0.1, 0.15) is 19.8 Å². The molecule has 0 spiro atoms. The van der Waals surface area contributed by atoms with E-state index in [1.54, 1.807) is 7.05 Å². The minimum absolute atomic E-state index is 0.495. The first-order chi connectivity index (χ1) is 7.26. The van der Waals surface area contributed by atoms with Crippen molar-refractivity contribution >= 4 is 5.96 Å². The smallest absolute Gasteiger partial charge is 0.208 e. The molecule has 0 saturated carbocycles. The molecule has 2 atom stereocenters. The number of rotatable bonds is 0. The fourth-order valence-corrected chi connectivity index (χ4v) is 2.76. The van der Waals surface area contributed by atoms with Crippen LogP contribution in [-0.2, 0) is 0 Å². The molecule has 5 heteroatoms. The standard InChI is InChI=1S/C10H21N5/c1-8-6-14-5-3-4-9(14)7-15(8)10(12-2)13-11/h8-9H,3-7,11H2,1-2H3,(H,12,13). The number of hydrazine groups is 1. The van der Waals surface area contributed by atoms with Gasteiger partial charge in [-0.3, -0.25) is 15.3 Å². The average Bonchev–Trinajstić information content (AvgIpc) is 2.67. The summed E-state index contributed by atoms with van der Waals surface area (Å²) in [6.07, 6.45) is 2.64. The normalized spacial score (nSPS) is 33.0. The number of nitrogens with one attached hydrogen (secondary N) is 1. The minimum atomic E-state index is 0.495. The third-order valence-electron chi connectivity index (χ3n) is 3.55. The predicted octanol–water partition coefficient (Wildman–Crippen LogP) is -0.396. The molecule has 15 heavy (non-hydrogen) atoms. The lowest BCUT2D eigenvalue weighted by molar-refractivity contribution is 0.106. The molecule has 0 radical (unpaired) electrons. The topological polar surface area (TPSA) is 56.9 Å². The van der Waals surface area contributed by atoms with E-state index >= 15 is 0 Å². The van der Waals surface area contributed by atoms with Gasteiger partial charge in [-0.1, -0.05) is 0 Å². The zero-order valence-corrected chi connectivity index (χ0v) is 9.61. The van der Waals surface area contributed by atoms with Crippen LogP contribution in [0.4, 0.5) is 0 Å². The van der Waals surface area contributed by atoms with Crippen LogP contribution in [0.25, 0.3) is 0 Å². The number of nitrogens with zero attached hydrogens (tertiary/aromatic N) is 3. The first kappa shape index (κ1) is 10.7. The number of aliphatic imine (C=N–C) groups is 1. The highest BCUT2D eigenvalue weighted by molar-refractivity contribution is 5.79. The van der Waals surface area contributed by atoms with Crippen LogP contribution >= 0.6 is 0 Å². The second-order valence-corrected chi connectivity index (χ2v) is 4.48. The van der Waals surface area contributed by atoms with Crippen LogP contribution < -0.4 is 11.3 Å². The zero-order valence-electron chi connectivity index (χ0n) is 9.61. The maximum absolute atomic E-state index is 5.48. The zero-order chi connectivity index (χ0) is 10.8. The van der Waals surface area contributed by atoms with E-state index < -0.39 is 0 Å². The van der Waals surface area contributed by atoms with Crippen molar-refractivity contribution in [2.45, 2.75) is 31.8 Å². The van der Waals surface area contributed by atoms with Crippen molar-refractivity contribution < 1.29 is 0 Å². The van der Waals surface area contributed by atoms with Crippen LogP contribution in [0, 0.1) is 0 Å². The van der Waals surface area contributed by atoms with Crippen LogP contribution in [0.2, 0.25) is 0 Å². The van der Waals surface area contributed by atoms with Crippen LogP contribution in [0.15, 0.2) is 4.99 Å². The van der Waals surface area contributed by atoms with Crippen LogP contribution in [-0.4, -0.2) is 54.5 Å². The minimum Gasteiger partial charge on any atom is -0.336 e. The Labute approximate surface area is 91.3 Å². The molecule has 3 N–H and O–H groups in total. The molecule has 2 fully saturated rings. The van der Waals surface area contributed by atoms with Crippen LogP contribution in [0.5, 0.6) is 0 Å². The second kappa shape index (κ2) is 4.37. The lowest BCUT2D eigenvalue weighted by Crippen LogP contribution is -2.60. The van der Waals surface area contributed by atoms with E-state index in [1.807, 2.05) is 0 Å². The van der Waals surface area contributed by atoms with Crippen molar-refractivity contribution in [2.75, 3.05) is 26.7 Å². The van der Waals surface area contributed by atoms with E-state index in [4.69, 9.17) is 5.84 Å². The van der Waals surface area contributed by atoms with Gasteiger partial charge in [0.2, 0.25) is 5.96 Å². The van der Waals surface area contributed by atoms with Gasteiger partial charge in [0.25, 0.3) is 0 Å². The molecule has 2 aliphatic rings. The Hall–Kier alpha value is -0.810. The highest BCUT2D eigenvalue weighted by Gasteiger charge is 2.35. The van der Waals surface area contributed by atoms with E-state index in [0.717, 1.165) is 19.0 Å². The summed E-state index contributed by atoms with van der Waals surface area (Å²) in [7, 11) is 1.78. The molecule has 5 nitrogen and oxygen atoms in total. The average molecular weight is 211 g/mol. The van der Waals surface area contributed by atoms with Crippen LogP contribution in [0.3, 0.4) is 0 Å². The molecule has 0 amide bonds. The van der Waals surface area contributed by atoms with E-state index in [2.05, 4.69) is 27.1 Å². The van der Waals surface area contributed by atoms with Crippen molar-refractivity contribution in [3.05, 3.63) is 0 Å². The fourth-order valence-electron chi connectivity index (χ4n) is 2.76. The summed E-state index contributed by atoms with van der Waals surface area (Å²) in [6, 6.07) is 1.19. The van der Waals surface area contributed by atoms with Gasteiger partial charge in [0.05, 0.1) is 0 Å². The first-order valence-corrected chi connectivity index (χ1v) is 5.70. The SMILES string of the molecule is CN=C(NN)N1CC2CCCN2CC1C. The highest BCUT2D eigenvalue weighted by Crippen LogP contribution is 2.24. The molecule has 0 bridgehead atoms. The molecule has 0 aliphatic carbocycles. The van der Waals surface area contributed by atoms with Gasteiger partial charge in [-0.15, -0.1) is 0 Å². The van der Waals surface area contributed by atoms with E-state index in [0.29, 0.717) is 12.1 Å². The molecular formula is C10H21N5. The molecule has 2 aliphatic heterocycles. The van der Waals surface area contributed by atoms with Gasteiger partial charge in [0.15, 0.2) is 0 Å². The summed E-state index contributed by atoms with van der Waals surface area (Å²) in [5.41, 5.74) is 2.69. The third-order valence-corrected chi connectivity index (χ3v) is 3.55. The van der Waals surface area contributed by atoms with E-state index in [-0.39, 0.29) is 0 Å². The molecule has 0 aromatic carbocycles. The van der Waals surface area contributed by atoms with Gasteiger partial charge in [0.1, 0.15) is 0 Å². The molecule has 0 aromatic rings. The largest absolute Gasteiger partial charge is 0.336 e. The molecule has 2 rings (SSSR count). The van der Waals surface area contributed by atoms with Gasteiger partial charge >= 0.3 is 0 Å². The molecule has 2 saturated heterocycles. The van der Waals surface area contributed by atoms with Crippen molar-refractivity contribution in [3.63, 3.8) is 0 Å². The van der Waals surface area contributed by atoms with Gasteiger partial charge in [0, 0.05) is 32.2 Å². The summed E-state index contributed by atoms with van der Waals surface area (Å²) >= 11 is 0. The second-order valence-electron chi connectivity index (χ2n) is 4.48. The van der Waals surface area contributed by atoms with Gasteiger partial charge in [-0.25, -0.2) is 5.84 Å². The first-order valence-electron chi connectivity index (χ1n) is 5.70.